The number of likely N-dealkylation sites (tertiary alicyclic amines) is 1. The van der Waals surface area contributed by atoms with Crippen LogP contribution in [-0.4, -0.2) is 56.3 Å². The largest absolute Gasteiger partial charge is 0.338 e. The molecule has 122 valence electrons. The Bertz CT molecular complexity index is 699. The first-order valence-corrected chi connectivity index (χ1v) is 8.24. The third-order valence-electron chi connectivity index (χ3n) is 4.86. The van der Waals surface area contributed by atoms with Crippen molar-refractivity contribution in [2.75, 3.05) is 31.1 Å². The molecule has 0 radical (unpaired) electrons. The standard InChI is InChI=1S/C16H22N6O/c1-19-8-5-17-15(19)4-7-20-10-14(11-20)22-12-13(9-18-22)21-6-2-3-16(21)23/h5,8-9,12,14H,2-4,6-7,10-11H2,1H3. The molecule has 0 unspecified atom stereocenters. The Balaban J connectivity index is 1.29. The van der Waals surface area contributed by atoms with Gasteiger partial charge in [-0.15, -0.1) is 0 Å². The first kappa shape index (κ1) is 14.4. The highest BCUT2D eigenvalue weighted by molar-refractivity contribution is 5.95. The van der Waals surface area contributed by atoms with Gasteiger partial charge in [0, 0.05) is 64.7 Å². The van der Waals surface area contributed by atoms with Crippen LogP contribution >= 0.6 is 0 Å². The minimum absolute atomic E-state index is 0.217. The molecule has 2 aromatic heterocycles. The van der Waals surface area contributed by atoms with Gasteiger partial charge in [-0.05, 0) is 6.42 Å². The Kier molecular flexibility index (Phi) is 3.65. The Morgan fingerprint density at radius 3 is 2.91 bits per heavy atom. The summed E-state index contributed by atoms with van der Waals surface area (Å²) in [6, 6.07) is 0.419. The molecule has 1 amide bonds. The van der Waals surface area contributed by atoms with Gasteiger partial charge in [-0.1, -0.05) is 0 Å². The zero-order valence-corrected chi connectivity index (χ0v) is 13.4. The average Bonchev–Trinajstić information content (AvgIpc) is 3.19. The fourth-order valence-corrected chi connectivity index (χ4v) is 3.38. The van der Waals surface area contributed by atoms with Crippen molar-refractivity contribution in [1.82, 2.24) is 24.2 Å². The quantitative estimate of drug-likeness (QED) is 0.821. The molecule has 23 heavy (non-hydrogen) atoms. The van der Waals surface area contributed by atoms with Crippen LogP contribution in [0.15, 0.2) is 24.8 Å². The van der Waals surface area contributed by atoms with Crippen molar-refractivity contribution >= 4 is 11.6 Å². The van der Waals surface area contributed by atoms with Crippen LogP contribution in [0.25, 0.3) is 0 Å². The van der Waals surface area contributed by atoms with Crippen molar-refractivity contribution in [3.8, 4) is 0 Å². The molecule has 7 nitrogen and oxygen atoms in total. The van der Waals surface area contributed by atoms with Crippen LogP contribution in [0.4, 0.5) is 5.69 Å². The van der Waals surface area contributed by atoms with Crippen molar-refractivity contribution < 1.29 is 4.79 Å². The van der Waals surface area contributed by atoms with Gasteiger partial charge in [-0.3, -0.25) is 14.4 Å². The topological polar surface area (TPSA) is 59.2 Å². The number of imidazole rings is 1. The van der Waals surface area contributed by atoms with Crippen LogP contribution in [0, 0.1) is 0 Å². The van der Waals surface area contributed by atoms with Gasteiger partial charge >= 0.3 is 0 Å². The Morgan fingerprint density at radius 1 is 1.35 bits per heavy atom. The van der Waals surface area contributed by atoms with Crippen molar-refractivity contribution in [1.29, 1.82) is 0 Å². The molecule has 2 fully saturated rings. The van der Waals surface area contributed by atoms with E-state index in [0.29, 0.717) is 12.5 Å². The molecule has 2 saturated heterocycles. The lowest BCUT2D eigenvalue weighted by molar-refractivity contribution is -0.117. The molecule has 2 aliphatic heterocycles. The highest BCUT2D eigenvalue weighted by Crippen LogP contribution is 2.25. The van der Waals surface area contributed by atoms with Crippen molar-refractivity contribution in [2.24, 2.45) is 7.05 Å². The van der Waals surface area contributed by atoms with E-state index < -0.39 is 0 Å². The molecular formula is C16H22N6O. The zero-order valence-electron chi connectivity index (χ0n) is 13.4. The number of amides is 1. The lowest BCUT2D eigenvalue weighted by Crippen LogP contribution is -2.48. The summed E-state index contributed by atoms with van der Waals surface area (Å²) in [6.45, 7) is 3.88. The summed E-state index contributed by atoms with van der Waals surface area (Å²) in [6.07, 6.45) is 10.3. The molecule has 7 heteroatoms. The second-order valence-corrected chi connectivity index (χ2v) is 6.45. The smallest absolute Gasteiger partial charge is 0.227 e. The SMILES string of the molecule is Cn1ccnc1CCN1CC(n2cc(N3CCCC3=O)cn2)C1. The first-order valence-electron chi connectivity index (χ1n) is 8.24. The molecule has 0 bridgehead atoms. The number of hydrogen-bond donors (Lipinski definition) is 0. The van der Waals surface area contributed by atoms with E-state index in [1.165, 1.54) is 0 Å². The number of aryl methyl sites for hydroxylation is 1. The van der Waals surface area contributed by atoms with E-state index in [9.17, 15) is 4.79 Å². The van der Waals surface area contributed by atoms with Crippen LogP contribution in [0.3, 0.4) is 0 Å². The van der Waals surface area contributed by atoms with E-state index in [2.05, 4.69) is 19.5 Å². The van der Waals surface area contributed by atoms with Crippen LogP contribution in [0.5, 0.6) is 0 Å². The van der Waals surface area contributed by atoms with Gasteiger partial charge in [0.2, 0.25) is 5.91 Å². The van der Waals surface area contributed by atoms with Crippen LogP contribution in [-0.2, 0) is 18.3 Å². The Hall–Kier alpha value is -2.15. The number of carbonyl (C=O) groups excluding carboxylic acids is 1. The maximum absolute atomic E-state index is 11.8. The summed E-state index contributed by atoms with van der Waals surface area (Å²) in [7, 11) is 2.03. The molecule has 4 heterocycles. The third kappa shape index (κ3) is 2.76. The third-order valence-corrected chi connectivity index (χ3v) is 4.86. The molecule has 0 atom stereocenters. The van der Waals surface area contributed by atoms with Gasteiger partial charge in [0.05, 0.1) is 17.9 Å². The van der Waals surface area contributed by atoms with Crippen molar-refractivity contribution in [3.05, 3.63) is 30.6 Å². The number of hydrogen-bond acceptors (Lipinski definition) is 4. The predicted octanol–water partition coefficient (Wildman–Crippen LogP) is 0.843. The maximum Gasteiger partial charge on any atom is 0.227 e. The molecule has 2 aromatic rings. The number of anilines is 1. The van der Waals surface area contributed by atoms with Crippen LogP contribution < -0.4 is 4.90 Å². The molecule has 0 aromatic carbocycles. The minimum Gasteiger partial charge on any atom is -0.338 e. The maximum atomic E-state index is 11.8. The monoisotopic (exact) mass is 314 g/mol. The lowest BCUT2D eigenvalue weighted by Gasteiger charge is -2.39. The highest BCUT2D eigenvalue weighted by atomic mass is 16.2. The number of carbonyl (C=O) groups is 1. The summed E-state index contributed by atoms with van der Waals surface area (Å²) < 4.78 is 4.09. The molecule has 0 aliphatic carbocycles. The summed E-state index contributed by atoms with van der Waals surface area (Å²) in [4.78, 5) is 20.4. The summed E-state index contributed by atoms with van der Waals surface area (Å²) in [5.41, 5.74) is 0.943. The summed E-state index contributed by atoms with van der Waals surface area (Å²) in [5.74, 6) is 1.34. The van der Waals surface area contributed by atoms with E-state index in [-0.39, 0.29) is 5.91 Å². The lowest BCUT2D eigenvalue weighted by atomic mass is 10.1. The van der Waals surface area contributed by atoms with E-state index in [1.54, 1.807) is 0 Å². The number of nitrogens with zero attached hydrogens (tertiary/aromatic N) is 6. The molecule has 4 rings (SSSR count). The molecular weight excluding hydrogens is 292 g/mol. The van der Waals surface area contributed by atoms with Gasteiger partial charge in [0.15, 0.2) is 0 Å². The highest BCUT2D eigenvalue weighted by Gasteiger charge is 2.30. The van der Waals surface area contributed by atoms with Gasteiger partial charge in [-0.2, -0.15) is 5.10 Å². The summed E-state index contributed by atoms with van der Waals surface area (Å²) >= 11 is 0. The van der Waals surface area contributed by atoms with Gasteiger partial charge in [0.1, 0.15) is 5.82 Å². The molecule has 0 saturated carbocycles. The molecule has 0 spiro atoms. The van der Waals surface area contributed by atoms with Gasteiger partial charge in [0.25, 0.3) is 0 Å². The van der Waals surface area contributed by atoms with E-state index in [0.717, 1.165) is 50.5 Å². The van der Waals surface area contributed by atoms with Crippen LogP contribution in [0.1, 0.15) is 24.7 Å². The zero-order chi connectivity index (χ0) is 15.8. The van der Waals surface area contributed by atoms with E-state index >= 15 is 0 Å². The van der Waals surface area contributed by atoms with E-state index in [4.69, 9.17) is 0 Å². The summed E-state index contributed by atoms with van der Waals surface area (Å²) in [5, 5.41) is 4.46. The number of rotatable bonds is 5. The minimum atomic E-state index is 0.217. The molecule has 0 N–H and O–H groups in total. The van der Waals surface area contributed by atoms with Gasteiger partial charge < -0.3 is 9.47 Å². The fourth-order valence-electron chi connectivity index (χ4n) is 3.38. The Morgan fingerprint density at radius 2 is 2.22 bits per heavy atom. The second kappa shape index (κ2) is 5.81. The average molecular weight is 314 g/mol. The molecule has 2 aliphatic rings. The second-order valence-electron chi connectivity index (χ2n) is 6.45. The first-order chi connectivity index (χ1) is 11.2. The number of aromatic nitrogens is 4. The Labute approximate surface area is 135 Å². The fraction of sp³-hybridized carbons (Fsp3) is 0.562. The van der Waals surface area contributed by atoms with Gasteiger partial charge in [-0.25, -0.2) is 4.98 Å². The predicted molar refractivity (Wildman–Crippen MR) is 86.2 cm³/mol. The normalized spacial score (nSPS) is 19.5. The van der Waals surface area contributed by atoms with Crippen molar-refractivity contribution in [3.63, 3.8) is 0 Å². The van der Waals surface area contributed by atoms with Crippen LogP contribution in [0.2, 0.25) is 0 Å². The van der Waals surface area contributed by atoms with Crippen molar-refractivity contribution in [2.45, 2.75) is 25.3 Å². The van der Waals surface area contributed by atoms with E-state index in [1.807, 2.05) is 41.4 Å².